The Bertz CT molecular complexity index is 1070. The molecule has 33 heavy (non-hydrogen) atoms. The molecule has 3 aromatic rings. The van der Waals surface area contributed by atoms with Crippen LogP contribution >= 0.6 is 7.60 Å². The van der Waals surface area contributed by atoms with Crippen LogP contribution in [0.15, 0.2) is 84.9 Å². The van der Waals surface area contributed by atoms with Crippen LogP contribution in [-0.2, 0) is 15.8 Å². The van der Waals surface area contributed by atoms with E-state index >= 15 is 0 Å². The molecule has 1 aliphatic rings. The monoisotopic (exact) mass is 468 g/mol. The van der Waals surface area contributed by atoms with Gasteiger partial charge in [0.2, 0.25) is 5.91 Å². The summed E-state index contributed by atoms with van der Waals surface area (Å²) in [5.74, 6) is -0.672. The molecule has 1 heterocycles. The molecule has 6 nitrogen and oxygen atoms in total. The summed E-state index contributed by atoms with van der Waals surface area (Å²) in [5, 5.41) is 0. The predicted octanol–water partition coefficient (Wildman–Crippen LogP) is 5.00. The van der Waals surface area contributed by atoms with Crippen molar-refractivity contribution < 1.29 is 22.8 Å². The average Bonchev–Trinajstić information content (AvgIpc) is 3.32. The van der Waals surface area contributed by atoms with Crippen LogP contribution in [-0.4, -0.2) is 29.2 Å². The summed E-state index contributed by atoms with van der Waals surface area (Å²) in [5.41, 5.74) is 6.97. The maximum Gasteiger partial charge on any atom is 0.453 e. The lowest BCUT2D eigenvalue weighted by atomic mass is 10.1. The molecule has 0 spiro atoms. The Labute approximate surface area is 192 Å². The zero-order chi connectivity index (χ0) is 23.3. The van der Waals surface area contributed by atoms with E-state index in [1.165, 1.54) is 17.0 Å². The lowest BCUT2D eigenvalue weighted by Crippen LogP contribution is -2.47. The van der Waals surface area contributed by atoms with Crippen LogP contribution in [0.5, 0.6) is 11.5 Å². The van der Waals surface area contributed by atoms with Crippen LogP contribution in [0.2, 0.25) is 0 Å². The van der Waals surface area contributed by atoms with Crippen molar-refractivity contribution >= 4 is 13.5 Å². The summed E-state index contributed by atoms with van der Waals surface area (Å²) in [7, 11) is -3.85. The van der Waals surface area contributed by atoms with Crippen molar-refractivity contribution in [3.05, 3.63) is 96.3 Å². The maximum absolute atomic E-state index is 14.2. The first kappa shape index (κ1) is 23.0. The lowest BCUT2D eigenvalue weighted by molar-refractivity contribution is -0.132. The summed E-state index contributed by atoms with van der Waals surface area (Å²) >= 11 is 0. The summed E-state index contributed by atoms with van der Waals surface area (Å²) in [6.07, 6.45) is 1.36. The molecule has 0 aliphatic carbocycles. The van der Waals surface area contributed by atoms with Crippen LogP contribution in [0, 0.1) is 5.82 Å². The topological polar surface area (TPSA) is 81.9 Å². The number of hydrogen-bond donors (Lipinski definition) is 1. The van der Waals surface area contributed by atoms with Crippen molar-refractivity contribution in [3.63, 3.8) is 0 Å². The smallest absolute Gasteiger partial charge is 0.415 e. The van der Waals surface area contributed by atoms with Crippen molar-refractivity contribution in [1.29, 1.82) is 0 Å². The van der Waals surface area contributed by atoms with Crippen LogP contribution in [0.3, 0.4) is 0 Å². The van der Waals surface area contributed by atoms with Gasteiger partial charge in [0.1, 0.15) is 17.3 Å². The van der Waals surface area contributed by atoms with Crippen LogP contribution < -0.4 is 14.8 Å². The van der Waals surface area contributed by atoms with Crippen molar-refractivity contribution in [1.82, 2.24) is 4.90 Å². The van der Waals surface area contributed by atoms with E-state index in [0.717, 1.165) is 5.56 Å². The molecule has 2 atom stereocenters. The van der Waals surface area contributed by atoms with Gasteiger partial charge in [-0.25, -0.2) is 8.96 Å². The zero-order valence-corrected chi connectivity index (χ0v) is 18.9. The van der Waals surface area contributed by atoms with Gasteiger partial charge in [-0.3, -0.25) is 4.79 Å². The Hall–Kier alpha value is -3.15. The number of halogens is 1. The highest BCUT2D eigenvalue weighted by molar-refractivity contribution is 7.55. The summed E-state index contributed by atoms with van der Waals surface area (Å²) in [6, 6.07) is 22.6. The molecule has 1 amide bonds. The first-order valence-electron chi connectivity index (χ1n) is 10.8. The first-order valence-corrected chi connectivity index (χ1v) is 12.5. The number of carbonyl (C=O) groups excluding carboxylic acids is 1. The van der Waals surface area contributed by atoms with Gasteiger partial charge in [0.15, 0.2) is 5.78 Å². The van der Waals surface area contributed by atoms with E-state index < -0.39 is 19.4 Å². The molecule has 3 aromatic carbocycles. The highest BCUT2D eigenvalue weighted by Crippen LogP contribution is 2.57. The minimum Gasteiger partial charge on any atom is -0.415 e. The average molecular weight is 468 g/mol. The molecular weight excluding hydrogens is 442 g/mol. The number of likely N-dealkylation sites (tertiary alicyclic amines) is 1. The van der Waals surface area contributed by atoms with E-state index in [0.29, 0.717) is 30.9 Å². The Morgan fingerprint density at radius 3 is 2.06 bits per heavy atom. The summed E-state index contributed by atoms with van der Waals surface area (Å²) < 4.78 is 39.2. The fourth-order valence-corrected chi connectivity index (χ4v) is 6.09. The Morgan fingerprint density at radius 1 is 0.970 bits per heavy atom. The number of carbonyl (C=O) groups is 1. The van der Waals surface area contributed by atoms with Gasteiger partial charge in [-0.2, -0.15) is 0 Å². The molecule has 8 heteroatoms. The van der Waals surface area contributed by atoms with Gasteiger partial charge in [-0.05, 0) is 61.2 Å². The van der Waals surface area contributed by atoms with Gasteiger partial charge in [0.05, 0.1) is 6.04 Å². The number of rotatable bonds is 8. The first-order chi connectivity index (χ1) is 15.9. The Kier molecular flexibility index (Phi) is 7.11. The van der Waals surface area contributed by atoms with Crippen molar-refractivity contribution in [2.75, 3.05) is 6.54 Å². The molecule has 0 radical (unpaired) electrons. The van der Waals surface area contributed by atoms with Gasteiger partial charge >= 0.3 is 7.60 Å². The number of amides is 1. The third-order valence-electron chi connectivity index (χ3n) is 5.51. The fraction of sp³-hybridized carbons (Fsp3) is 0.240. The van der Waals surface area contributed by atoms with Gasteiger partial charge in [-0.15, -0.1) is 0 Å². The quantitative estimate of drug-likeness (QED) is 0.471. The highest BCUT2D eigenvalue weighted by atomic mass is 31.2. The summed E-state index contributed by atoms with van der Waals surface area (Å²) in [6.45, 7) is 0.404. The van der Waals surface area contributed by atoms with Crippen molar-refractivity contribution in [3.8, 4) is 11.5 Å². The molecule has 1 aliphatic heterocycles. The second-order valence-corrected chi connectivity index (χ2v) is 9.98. The number of hydrogen-bond acceptors (Lipinski definition) is 5. The molecule has 0 aromatic heterocycles. The SMILES string of the molecule is N[C@@H](Cc1ccc(F)cc1)C(=O)N1CCC[C@@H]1P(=O)(Oc1ccccc1)Oc1ccccc1. The van der Waals surface area contributed by atoms with Crippen molar-refractivity contribution in [2.45, 2.75) is 31.1 Å². The number of para-hydroxylation sites is 2. The van der Waals surface area contributed by atoms with Crippen molar-refractivity contribution in [2.24, 2.45) is 5.73 Å². The fourth-order valence-electron chi connectivity index (χ4n) is 3.91. The van der Waals surface area contributed by atoms with E-state index in [9.17, 15) is 13.8 Å². The van der Waals surface area contributed by atoms with E-state index in [-0.39, 0.29) is 18.1 Å². The predicted molar refractivity (Wildman–Crippen MR) is 125 cm³/mol. The minimum atomic E-state index is -3.85. The molecule has 0 bridgehead atoms. The molecule has 172 valence electrons. The third kappa shape index (κ3) is 5.62. The number of benzene rings is 3. The van der Waals surface area contributed by atoms with Gasteiger partial charge in [0.25, 0.3) is 0 Å². The largest absolute Gasteiger partial charge is 0.453 e. The van der Waals surface area contributed by atoms with E-state index in [1.807, 2.05) is 12.1 Å². The molecule has 2 N–H and O–H groups in total. The minimum absolute atomic E-state index is 0.242. The van der Waals surface area contributed by atoms with E-state index in [1.54, 1.807) is 60.7 Å². The molecule has 0 saturated carbocycles. The normalized spacial score (nSPS) is 16.9. The molecule has 0 unspecified atom stereocenters. The molecule has 4 rings (SSSR count). The zero-order valence-electron chi connectivity index (χ0n) is 18.0. The Morgan fingerprint density at radius 2 is 1.52 bits per heavy atom. The van der Waals surface area contributed by atoms with Gasteiger partial charge < -0.3 is 19.7 Å². The second kappa shape index (κ2) is 10.2. The third-order valence-corrected chi connectivity index (χ3v) is 7.70. The molecule has 1 saturated heterocycles. The molecular formula is C25H26FN2O4P. The number of nitrogens with zero attached hydrogens (tertiary/aromatic N) is 1. The van der Waals surface area contributed by atoms with E-state index in [4.69, 9.17) is 14.8 Å². The second-order valence-electron chi connectivity index (χ2n) is 7.94. The standard InChI is InChI=1S/C25H26FN2O4P/c26-20-15-13-19(14-16-20)18-23(27)25(29)28-17-7-12-24(28)33(30,31-21-8-3-1-4-9-21)32-22-10-5-2-6-11-22/h1-6,8-11,13-16,23-24H,7,12,17-18,27H2/t23-,24-/m0/s1. The lowest BCUT2D eigenvalue weighted by Gasteiger charge is -2.32. The molecule has 1 fully saturated rings. The van der Waals surface area contributed by atoms with E-state index in [2.05, 4.69) is 0 Å². The number of nitrogens with two attached hydrogens (primary N) is 1. The van der Waals surface area contributed by atoms with Crippen LogP contribution in [0.1, 0.15) is 18.4 Å². The van der Waals surface area contributed by atoms with Crippen LogP contribution in [0.4, 0.5) is 4.39 Å². The van der Waals surface area contributed by atoms with Gasteiger partial charge in [-0.1, -0.05) is 48.5 Å². The highest BCUT2D eigenvalue weighted by Gasteiger charge is 2.48. The van der Waals surface area contributed by atoms with Gasteiger partial charge in [0, 0.05) is 6.54 Å². The summed E-state index contributed by atoms with van der Waals surface area (Å²) in [4.78, 5) is 14.8. The van der Waals surface area contributed by atoms with Crippen LogP contribution in [0.25, 0.3) is 0 Å². The Balaban J connectivity index is 1.57. The maximum atomic E-state index is 14.2.